The number of benzene rings is 1. The molecule has 0 unspecified atom stereocenters. The van der Waals surface area contributed by atoms with Crippen molar-refractivity contribution >= 4 is 29.2 Å². The molecule has 0 atom stereocenters. The molecule has 0 radical (unpaired) electrons. The Morgan fingerprint density at radius 3 is 2.70 bits per heavy atom. The minimum atomic E-state index is -0.684. The first kappa shape index (κ1) is 20.3. The molecule has 1 aromatic rings. The third kappa shape index (κ3) is 5.50. The molecule has 0 aliphatic carbocycles. The zero-order chi connectivity index (χ0) is 20.0. The van der Waals surface area contributed by atoms with E-state index in [9.17, 15) is 24.5 Å². The van der Waals surface area contributed by atoms with Crippen LogP contribution in [0.5, 0.6) is 0 Å². The number of amides is 2. The molecule has 1 N–H and O–H groups in total. The second-order valence-electron chi connectivity index (χ2n) is 6.49. The van der Waals surface area contributed by atoms with Crippen molar-refractivity contribution in [2.45, 2.75) is 39.5 Å². The molecular formula is C18H23N3O6. The molecule has 0 spiro atoms. The summed E-state index contributed by atoms with van der Waals surface area (Å²) in [6.07, 6.45) is 2.98. The van der Waals surface area contributed by atoms with Crippen molar-refractivity contribution in [1.82, 2.24) is 4.90 Å². The number of nitro benzene ring substituents is 1. The molecular weight excluding hydrogens is 354 g/mol. The zero-order valence-corrected chi connectivity index (χ0v) is 15.4. The SMILES string of the molecule is Cc1ccc([N+](=O)[O-])c(NC(=O)COC(=O)CN2CCCCCC2=O)c1C. The highest BCUT2D eigenvalue weighted by molar-refractivity contribution is 5.96. The van der Waals surface area contributed by atoms with E-state index in [0.29, 0.717) is 18.5 Å². The monoisotopic (exact) mass is 377 g/mol. The van der Waals surface area contributed by atoms with E-state index in [0.717, 1.165) is 24.8 Å². The quantitative estimate of drug-likeness (QED) is 0.461. The van der Waals surface area contributed by atoms with Gasteiger partial charge in [0.15, 0.2) is 6.61 Å². The van der Waals surface area contributed by atoms with Gasteiger partial charge in [-0.25, -0.2) is 0 Å². The summed E-state index contributed by atoms with van der Waals surface area (Å²) in [5.41, 5.74) is 1.21. The first-order chi connectivity index (χ1) is 12.8. The Hall–Kier alpha value is -2.97. The van der Waals surface area contributed by atoms with Gasteiger partial charge >= 0.3 is 5.97 Å². The Morgan fingerprint density at radius 1 is 1.26 bits per heavy atom. The number of likely N-dealkylation sites (tertiary alicyclic amines) is 1. The van der Waals surface area contributed by atoms with Crippen LogP contribution in [-0.4, -0.2) is 47.3 Å². The molecule has 27 heavy (non-hydrogen) atoms. The van der Waals surface area contributed by atoms with Crippen LogP contribution in [0.3, 0.4) is 0 Å². The molecule has 1 aromatic carbocycles. The first-order valence-electron chi connectivity index (χ1n) is 8.77. The third-order valence-corrected chi connectivity index (χ3v) is 4.53. The van der Waals surface area contributed by atoms with Gasteiger partial charge < -0.3 is 15.0 Å². The van der Waals surface area contributed by atoms with E-state index >= 15 is 0 Å². The standard InChI is InChI=1S/C18H23N3O6/c1-12-7-8-14(21(25)26)18(13(12)2)19-15(22)11-27-17(24)10-20-9-5-3-4-6-16(20)23/h7-8H,3-6,9-11H2,1-2H3,(H,19,22). The highest BCUT2D eigenvalue weighted by Gasteiger charge is 2.22. The smallest absolute Gasteiger partial charge is 0.326 e. The third-order valence-electron chi connectivity index (χ3n) is 4.53. The van der Waals surface area contributed by atoms with E-state index in [4.69, 9.17) is 4.74 Å². The fourth-order valence-corrected chi connectivity index (χ4v) is 2.84. The molecule has 0 bridgehead atoms. The summed E-state index contributed by atoms with van der Waals surface area (Å²) < 4.78 is 4.92. The second kappa shape index (κ2) is 9.11. The molecule has 2 amide bonds. The van der Waals surface area contributed by atoms with Gasteiger partial charge in [0.2, 0.25) is 5.91 Å². The summed E-state index contributed by atoms with van der Waals surface area (Å²) in [7, 11) is 0. The lowest BCUT2D eigenvalue weighted by Crippen LogP contribution is -2.36. The van der Waals surface area contributed by atoms with Crippen LogP contribution in [0.25, 0.3) is 0 Å². The van der Waals surface area contributed by atoms with Gasteiger partial charge in [0, 0.05) is 19.0 Å². The summed E-state index contributed by atoms with van der Waals surface area (Å²) in [5.74, 6) is -1.46. The van der Waals surface area contributed by atoms with Crippen molar-refractivity contribution in [3.05, 3.63) is 33.4 Å². The number of ether oxygens (including phenoxy) is 1. The van der Waals surface area contributed by atoms with Gasteiger partial charge in [0.25, 0.3) is 11.6 Å². The molecule has 9 nitrogen and oxygen atoms in total. The van der Waals surface area contributed by atoms with Gasteiger partial charge in [-0.05, 0) is 37.8 Å². The van der Waals surface area contributed by atoms with Crippen molar-refractivity contribution in [3.63, 3.8) is 0 Å². The molecule has 1 saturated heterocycles. The van der Waals surface area contributed by atoms with Gasteiger partial charge in [-0.3, -0.25) is 24.5 Å². The summed E-state index contributed by atoms with van der Waals surface area (Å²) in [6.45, 7) is 3.15. The summed E-state index contributed by atoms with van der Waals surface area (Å²) in [6, 6.07) is 2.91. The van der Waals surface area contributed by atoms with Crippen molar-refractivity contribution in [2.24, 2.45) is 0 Å². The average molecular weight is 377 g/mol. The van der Waals surface area contributed by atoms with Crippen molar-refractivity contribution in [3.8, 4) is 0 Å². The number of carbonyl (C=O) groups is 3. The lowest BCUT2D eigenvalue weighted by Gasteiger charge is -2.19. The Bertz CT molecular complexity index is 762. The number of nitrogens with zero attached hydrogens (tertiary/aromatic N) is 2. The van der Waals surface area contributed by atoms with Crippen LogP contribution in [-0.2, 0) is 19.1 Å². The number of carbonyl (C=O) groups excluding carboxylic acids is 3. The maximum atomic E-state index is 12.1. The number of esters is 1. The van der Waals surface area contributed by atoms with Crippen LogP contribution in [0.2, 0.25) is 0 Å². The molecule has 1 heterocycles. The van der Waals surface area contributed by atoms with E-state index < -0.39 is 23.4 Å². The number of anilines is 1. The van der Waals surface area contributed by atoms with Crippen molar-refractivity contribution in [1.29, 1.82) is 0 Å². The highest BCUT2D eigenvalue weighted by Crippen LogP contribution is 2.30. The normalized spacial score (nSPS) is 14.4. The molecule has 146 valence electrons. The molecule has 9 heteroatoms. The fourth-order valence-electron chi connectivity index (χ4n) is 2.84. The zero-order valence-electron chi connectivity index (χ0n) is 15.4. The molecule has 1 aliphatic heterocycles. The number of hydrogen-bond acceptors (Lipinski definition) is 6. The van der Waals surface area contributed by atoms with Crippen LogP contribution in [0, 0.1) is 24.0 Å². The van der Waals surface area contributed by atoms with Crippen molar-refractivity contribution < 1.29 is 24.0 Å². The number of hydrogen-bond donors (Lipinski definition) is 1. The molecule has 1 aliphatic rings. The summed E-state index contributed by atoms with van der Waals surface area (Å²) in [4.78, 5) is 47.9. The Balaban J connectivity index is 1.93. The van der Waals surface area contributed by atoms with Gasteiger partial charge in [-0.1, -0.05) is 12.5 Å². The van der Waals surface area contributed by atoms with Crippen LogP contribution in [0.1, 0.15) is 36.8 Å². The van der Waals surface area contributed by atoms with Gasteiger partial charge in [0.1, 0.15) is 12.2 Å². The predicted octanol–water partition coefficient (Wildman–Crippen LogP) is 2.10. The van der Waals surface area contributed by atoms with Gasteiger partial charge in [0.05, 0.1) is 4.92 Å². The van der Waals surface area contributed by atoms with Crippen molar-refractivity contribution in [2.75, 3.05) is 25.0 Å². The van der Waals surface area contributed by atoms with Gasteiger partial charge in [-0.2, -0.15) is 0 Å². The highest BCUT2D eigenvalue weighted by atomic mass is 16.6. The Labute approximate surface area is 156 Å². The summed E-state index contributed by atoms with van der Waals surface area (Å²) in [5, 5.41) is 13.6. The average Bonchev–Trinajstić information content (AvgIpc) is 2.81. The second-order valence-corrected chi connectivity index (χ2v) is 6.49. The van der Waals surface area contributed by atoms with E-state index in [-0.39, 0.29) is 23.8 Å². The lowest BCUT2D eigenvalue weighted by molar-refractivity contribution is -0.384. The molecule has 2 rings (SSSR count). The Morgan fingerprint density at radius 2 is 2.00 bits per heavy atom. The summed E-state index contributed by atoms with van der Waals surface area (Å²) >= 11 is 0. The first-order valence-corrected chi connectivity index (χ1v) is 8.77. The topological polar surface area (TPSA) is 119 Å². The maximum Gasteiger partial charge on any atom is 0.326 e. The molecule has 0 aromatic heterocycles. The Kier molecular flexibility index (Phi) is 6.86. The number of nitro groups is 1. The van der Waals surface area contributed by atoms with E-state index in [1.807, 2.05) is 0 Å². The minimum absolute atomic E-state index is 0.0868. The van der Waals surface area contributed by atoms with E-state index in [1.165, 1.54) is 11.0 Å². The number of nitrogens with one attached hydrogen (secondary N) is 1. The van der Waals surface area contributed by atoms with Crippen LogP contribution in [0.15, 0.2) is 12.1 Å². The van der Waals surface area contributed by atoms with E-state index in [1.54, 1.807) is 19.9 Å². The van der Waals surface area contributed by atoms with Crippen LogP contribution in [0.4, 0.5) is 11.4 Å². The van der Waals surface area contributed by atoms with Crippen LogP contribution < -0.4 is 5.32 Å². The largest absolute Gasteiger partial charge is 0.454 e. The minimum Gasteiger partial charge on any atom is -0.454 e. The fraction of sp³-hybridized carbons (Fsp3) is 0.500. The predicted molar refractivity (Wildman–Crippen MR) is 97.2 cm³/mol. The van der Waals surface area contributed by atoms with Crippen LogP contribution >= 0.6 is 0 Å². The lowest BCUT2D eigenvalue weighted by atomic mass is 10.1. The molecule has 1 fully saturated rings. The molecule has 0 saturated carbocycles. The maximum absolute atomic E-state index is 12.1. The number of rotatable bonds is 6. The van der Waals surface area contributed by atoms with E-state index in [2.05, 4.69) is 5.32 Å². The number of aryl methyl sites for hydroxylation is 1. The van der Waals surface area contributed by atoms with Gasteiger partial charge in [-0.15, -0.1) is 0 Å².